The van der Waals surface area contributed by atoms with E-state index in [1.54, 1.807) is 0 Å². The molecule has 20 heavy (non-hydrogen) atoms. The molecule has 3 nitrogen and oxygen atoms in total. The van der Waals surface area contributed by atoms with Crippen molar-refractivity contribution in [3.63, 3.8) is 0 Å². The van der Waals surface area contributed by atoms with E-state index in [-0.39, 0.29) is 0 Å². The molecule has 0 spiro atoms. The average molecular weight is 335 g/mol. The number of hydrogen-bond donors (Lipinski definition) is 0. The van der Waals surface area contributed by atoms with Crippen molar-refractivity contribution in [2.24, 2.45) is 0 Å². The van der Waals surface area contributed by atoms with Crippen molar-refractivity contribution in [3.8, 4) is 11.5 Å². The van der Waals surface area contributed by atoms with Gasteiger partial charge in [-0.25, -0.2) is 0 Å². The first-order chi connectivity index (χ1) is 9.83. The first-order valence-corrected chi connectivity index (χ1v) is 7.32. The summed E-state index contributed by atoms with van der Waals surface area (Å²) >= 11 is 3.56. The highest BCUT2D eigenvalue weighted by Gasteiger charge is 2.15. The molecular formula is C16H15BrO3. The Hall–Kier alpha value is -1.52. The molecule has 0 bridgehead atoms. The number of fused-ring (bicyclic) bond motifs is 1. The topological polar surface area (TPSA) is 27.7 Å². The highest BCUT2D eigenvalue weighted by Crippen LogP contribution is 2.37. The lowest BCUT2D eigenvalue weighted by molar-refractivity contribution is 0.123. The summed E-state index contributed by atoms with van der Waals surface area (Å²) < 4.78 is 17.5. The zero-order chi connectivity index (χ0) is 13.8. The summed E-state index contributed by atoms with van der Waals surface area (Å²) in [5.74, 6) is 1.61. The third-order valence-corrected chi connectivity index (χ3v) is 3.91. The van der Waals surface area contributed by atoms with Crippen LogP contribution in [-0.2, 0) is 17.8 Å². The van der Waals surface area contributed by atoms with E-state index < -0.39 is 0 Å². The van der Waals surface area contributed by atoms with E-state index in [1.807, 2.05) is 30.3 Å². The van der Waals surface area contributed by atoms with E-state index in [0.717, 1.165) is 22.4 Å². The van der Waals surface area contributed by atoms with Gasteiger partial charge >= 0.3 is 0 Å². The second kappa shape index (κ2) is 6.29. The summed E-state index contributed by atoms with van der Waals surface area (Å²) in [6, 6.07) is 14.1. The minimum Gasteiger partial charge on any atom is -0.454 e. The van der Waals surface area contributed by atoms with Crippen LogP contribution in [0.2, 0.25) is 0 Å². The molecule has 0 radical (unpaired) electrons. The molecule has 0 aliphatic carbocycles. The van der Waals surface area contributed by atoms with E-state index in [4.69, 9.17) is 14.2 Å². The molecular weight excluding hydrogens is 320 g/mol. The molecule has 1 heterocycles. The second-order valence-corrected chi connectivity index (χ2v) is 5.44. The monoisotopic (exact) mass is 334 g/mol. The van der Waals surface area contributed by atoms with Gasteiger partial charge in [0.05, 0.1) is 13.2 Å². The molecule has 1 aliphatic rings. The maximum atomic E-state index is 5.71. The molecule has 2 aromatic carbocycles. The standard InChI is InChI=1S/C16H15BrO3/c17-14-9-16-15(19-11-20-16)8-13(14)6-7-18-10-12-4-2-1-3-5-12/h1-5,8-9H,6-7,10-11H2. The highest BCUT2D eigenvalue weighted by atomic mass is 79.9. The Morgan fingerprint density at radius 1 is 1.05 bits per heavy atom. The van der Waals surface area contributed by atoms with Crippen LogP contribution in [0.5, 0.6) is 11.5 Å². The van der Waals surface area contributed by atoms with Crippen LogP contribution in [0.4, 0.5) is 0 Å². The quantitative estimate of drug-likeness (QED) is 0.775. The highest BCUT2D eigenvalue weighted by molar-refractivity contribution is 9.10. The zero-order valence-electron chi connectivity index (χ0n) is 11.0. The summed E-state index contributed by atoms with van der Waals surface area (Å²) in [7, 11) is 0. The van der Waals surface area contributed by atoms with E-state index in [1.165, 1.54) is 11.1 Å². The third kappa shape index (κ3) is 3.14. The van der Waals surface area contributed by atoms with E-state index in [9.17, 15) is 0 Å². The van der Waals surface area contributed by atoms with Crippen LogP contribution >= 0.6 is 15.9 Å². The molecule has 3 rings (SSSR count). The number of hydrogen-bond acceptors (Lipinski definition) is 3. The Morgan fingerprint density at radius 2 is 1.80 bits per heavy atom. The lowest BCUT2D eigenvalue weighted by Crippen LogP contribution is -2.00. The normalized spacial score (nSPS) is 12.7. The van der Waals surface area contributed by atoms with Gasteiger partial charge in [0.15, 0.2) is 11.5 Å². The number of rotatable bonds is 5. The van der Waals surface area contributed by atoms with E-state index in [0.29, 0.717) is 20.0 Å². The van der Waals surface area contributed by atoms with Crippen molar-refractivity contribution in [3.05, 3.63) is 58.1 Å². The second-order valence-electron chi connectivity index (χ2n) is 4.59. The summed E-state index contributed by atoms with van der Waals surface area (Å²) in [5, 5.41) is 0. The van der Waals surface area contributed by atoms with Crippen LogP contribution in [0.3, 0.4) is 0 Å². The number of benzene rings is 2. The van der Waals surface area contributed by atoms with Gasteiger partial charge in [0, 0.05) is 4.47 Å². The molecule has 0 unspecified atom stereocenters. The maximum Gasteiger partial charge on any atom is 0.231 e. The Kier molecular flexibility index (Phi) is 4.23. The van der Waals surface area contributed by atoms with Crippen LogP contribution in [0.25, 0.3) is 0 Å². The van der Waals surface area contributed by atoms with Crippen LogP contribution < -0.4 is 9.47 Å². The van der Waals surface area contributed by atoms with Crippen molar-refractivity contribution >= 4 is 15.9 Å². The molecule has 0 saturated carbocycles. The number of halogens is 1. The summed E-state index contributed by atoms with van der Waals surface area (Å²) in [6.07, 6.45) is 0.837. The van der Waals surface area contributed by atoms with Crippen molar-refractivity contribution in [1.82, 2.24) is 0 Å². The molecule has 0 saturated heterocycles. The zero-order valence-corrected chi connectivity index (χ0v) is 12.6. The fraction of sp³-hybridized carbons (Fsp3) is 0.250. The fourth-order valence-corrected chi connectivity index (χ4v) is 2.62. The lowest BCUT2D eigenvalue weighted by atomic mass is 10.1. The van der Waals surface area contributed by atoms with Crippen LogP contribution in [0, 0.1) is 0 Å². The van der Waals surface area contributed by atoms with Crippen LogP contribution in [0.15, 0.2) is 46.9 Å². The van der Waals surface area contributed by atoms with Gasteiger partial charge in [0.2, 0.25) is 6.79 Å². The van der Waals surface area contributed by atoms with Crippen molar-refractivity contribution < 1.29 is 14.2 Å². The molecule has 2 aromatic rings. The number of ether oxygens (including phenoxy) is 3. The van der Waals surface area contributed by atoms with E-state index in [2.05, 4.69) is 28.1 Å². The molecule has 0 fully saturated rings. The summed E-state index contributed by atoms with van der Waals surface area (Å²) in [4.78, 5) is 0. The van der Waals surface area contributed by atoms with Crippen molar-refractivity contribution in [1.29, 1.82) is 0 Å². The molecule has 0 atom stereocenters. The molecule has 0 N–H and O–H groups in total. The van der Waals surface area contributed by atoms with Crippen molar-refractivity contribution in [2.45, 2.75) is 13.0 Å². The molecule has 4 heteroatoms. The summed E-state index contributed by atoms with van der Waals surface area (Å²) in [6.45, 7) is 1.62. The third-order valence-electron chi connectivity index (χ3n) is 3.17. The van der Waals surface area contributed by atoms with E-state index >= 15 is 0 Å². The van der Waals surface area contributed by atoms with Gasteiger partial charge < -0.3 is 14.2 Å². The summed E-state index contributed by atoms with van der Waals surface area (Å²) in [5.41, 5.74) is 2.36. The molecule has 1 aliphatic heterocycles. The minimum atomic E-state index is 0.301. The fourth-order valence-electron chi connectivity index (χ4n) is 2.10. The lowest BCUT2D eigenvalue weighted by Gasteiger charge is -2.07. The van der Waals surface area contributed by atoms with Crippen LogP contribution in [-0.4, -0.2) is 13.4 Å². The van der Waals surface area contributed by atoms with Gasteiger partial charge in [0.1, 0.15) is 0 Å². The average Bonchev–Trinajstić information content (AvgIpc) is 2.91. The van der Waals surface area contributed by atoms with Gasteiger partial charge in [-0.3, -0.25) is 0 Å². The van der Waals surface area contributed by atoms with Gasteiger partial charge in [-0.15, -0.1) is 0 Å². The Bertz CT molecular complexity index is 584. The van der Waals surface area contributed by atoms with Crippen LogP contribution in [0.1, 0.15) is 11.1 Å². The Morgan fingerprint density at radius 3 is 2.60 bits per heavy atom. The minimum absolute atomic E-state index is 0.301. The predicted molar refractivity (Wildman–Crippen MR) is 80.1 cm³/mol. The van der Waals surface area contributed by atoms with Gasteiger partial charge in [-0.2, -0.15) is 0 Å². The van der Waals surface area contributed by atoms with Gasteiger partial charge in [-0.05, 0) is 29.7 Å². The predicted octanol–water partition coefficient (Wildman–Crippen LogP) is 3.94. The SMILES string of the molecule is Brc1cc2c(cc1CCOCc1ccccc1)OCO2. The first kappa shape index (κ1) is 13.5. The molecule has 0 amide bonds. The van der Waals surface area contributed by atoms with Gasteiger partial charge in [0.25, 0.3) is 0 Å². The maximum absolute atomic E-state index is 5.71. The van der Waals surface area contributed by atoms with Crippen molar-refractivity contribution in [2.75, 3.05) is 13.4 Å². The smallest absolute Gasteiger partial charge is 0.231 e. The molecule has 0 aromatic heterocycles. The van der Waals surface area contributed by atoms with Gasteiger partial charge in [-0.1, -0.05) is 46.3 Å². The Balaban J connectivity index is 1.54. The first-order valence-electron chi connectivity index (χ1n) is 6.52. The largest absolute Gasteiger partial charge is 0.454 e. The Labute approximate surface area is 126 Å². The molecule has 104 valence electrons.